The molecular weight excluding hydrogens is 408 g/mol. The van der Waals surface area contributed by atoms with Crippen LogP contribution in [0.5, 0.6) is 0 Å². The van der Waals surface area contributed by atoms with Gasteiger partial charge >= 0.3 is 5.97 Å². The van der Waals surface area contributed by atoms with Crippen LogP contribution in [0.2, 0.25) is 0 Å². The third-order valence-electron chi connectivity index (χ3n) is 4.06. The highest BCUT2D eigenvalue weighted by molar-refractivity contribution is 7.99. The number of carbonyl (C=O) groups excluding carboxylic acids is 2. The van der Waals surface area contributed by atoms with E-state index in [4.69, 9.17) is 4.74 Å². The molecule has 0 aliphatic rings. The summed E-state index contributed by atoms with van der Waals surface area (Å²) in [5, 5.41) is 11.2. The molecule has 29 heavy (non-hydrogen) atoms. The Morgan fingerprint density at radius 2 is 1.93 bits per heavy atom. The minimum Gasteiger partial charge on any atom is -0.465 e. The molecule has 0 saturated carbocycles. The number of aromatic nitrogens is 3. The van der Waals surface area contributed by atoms with Gasteiger partial charge in [-0.2, -0.15) is 0 Å². The van der Waals surface area contributed by atoms with Gasteiger partial charge in [-0.05, 0) is 37.4 Å². The molecule has 0 aliphatic heterocycles. The van der Waals surface area contributed by atoms with Gasteiger partial charge in [0.05, 0.1) is 17.2 Å². The number of thiophene rings is 1. The predicted molar refractivity (Wildman–Crippen MR) is 115 cm³/mol. The fraction of sp³-hybridized carbons (Fsp3) is 0.300. The Morgan fingerprint density at radius 3 is 2.59 bits per heavy atom. The highest BCUT2D eigenvalue weighted by Crippen LogP contribution is 2.27. The van der Waals surface area contributed by atoms with Crippen molar-refractivity contribution in [2.24, 2.45) is 0 Å². The zero-order chi connectivity index (χ0) is 20.6. The van der Waals surface area contributed by atoms with E-state index in [9.17, 15) is 9.59 Å². The first-order valence-corrected chi connectivity index (χ1v) is 11.1. The van der Waals surface area contributed by atoms with Crippen molar-refractivity contribution in [1.29, 1.82) is 0 Å². The summed E-state index contributed by atoms with van der Waals surface area (Å²) in [4.78, 5) is 27.4. The molecule has 0 N–H and O–H groups in total. The Kier molecular flexibility index (Phi) is 7.42. The first-order chi connectivity index (χ1) is 14.1. The van der Waals surface area contributed by atoms with Gasteiger partial charge in [0.1, 0.15) is 6.54 Å². The first-order valence-electron chi connectivity index (χ1n) is 9.25. The van der Waals surface area contributed by atoms with Gasteiger partial charge in [0, 0.05) is 12.2 Å². The Balaban J connectivity index is 1.74. The Bertz CT molecular complexity index is 942. The van der Waals surface area contributed by atoms with E-state index in [1.165, 1.54) is 16.7 Å². The quantitative estimate of drug-likeness (QED) is 0.380. The third-order valence-corrected chi connectivity index (χ3v) is 5.88. The van der Waals surface area contributed by atoms with Gasteiger partial charge < -0.3 is 14.2 Å². The molecule has 1 aromatic carbocycles. The highest BCUT2D eigenvalue weighted by Gasteiger charge is 2.22. The molecule has 0 fully saturated rings. The molecule has 1 amide bonds. The minimum atomic E-state index is -0.439. The summed E-state index contributed by atoms with van der Waals surface area (Å²) in [7, 11) is 0. The van der Waals surface area contributed by atoms with Crippen LogP contribution in [0, 0.1) is 0 Å². The second-order valence-corrected chi connectivity index (χ2v) is 7.83. The normalized spacial score (nSPS) is 10.7. The lowest BCUT2D eigenvalue weighted by atomic mass is 10.3. The number of benzene rings is 1. The fourth-order valence-electron chi connectivity index (χ4n) is 2.74. The second kappa shape index (κ2) is 10.2. The highest BCUT2D eigenvalue weighted by atomic mass is 32.2. The third kappa shape index (κ3) is 5.24. The van der Waals surface area contributed by atoms with E-state index in [1.54, 1.807) is 30.4 Å². The van der Waals surface area contributed by atoms with Gasteiger partial charge in [-0.1, -0.05) is 36.0 Å². The number of rotatable bonds is 9. The van der Waals surface area contributed by atoms with Crippen molar-refractivity contribution in [1.82, 2.24) is 14.8 Å². The van der Waals surface area contributed by atoms with Crippen LogP contribution in [-0.2, 0) is 20.9 Å². The van der Waals surface area contributed by atoms with Crippen molar-refractivity contribution in [3.8, 4) is 10.7 Å². The number of carbonyl (C=O) groups is 2. The lowest BCUT2D eigenvalue weighted by molar-refractivity contribution is -0.142. The summed E-state index contributed by atoms with van der Waals surface area (Å²) < 4.78 is 7.01. The standard InChI is InChI=1S/C20H22N4O3S2/c1-3-23-19(16-11-8-12-28-16)21-22-20(23)29-14-17(25)24(13-18(26)27-4-2)15-9-6-5-7-10-15/h5-12H,3-4,13-14H2,1-2H3. The molecule has 0 radical (unpaired) electrons. The molecular formula is C20H22N4O3S2. The lowest BCUT2D eigenvalue weighted by Gasteiger charge is -2.21. The molecule has 0 bridgehead atoms. The Hall–Kier alpha value is -2.65. The van der Waals surface area contributed by atoms with Crippen LogP contribution in [0.15, 0.2) is 53.0 Å². The average Bonchev–Trinajstić information content (AvgIpc) is 3.40. The van der Waals surface area contributed by atoms with E-state index in [0.29, 0.717) is 17.4 Å². The van der Waals surface area contributed by atoms with Gasteiger partial charge in [0.25, 0.3) is 0 Å². The predicted octanol–water partition coefficient (Wildman–Crippen LogP) is 3.71. The van der Waals surface area contributed by atoms with E-state index >= 15 is 0 Å². The second-order valence-electron chi connectivity index (χ2n) is 5.94. The van der Waals surface area contributed by atoms with Gasteiger partial charge in [-0.3, -0.25) is 9.59 Å². The molecule has 0 atom stereocenters. The monoisotopic (exact) mass is 430 g/mol. The zero-order valence-corrected chi connectivity index (χ0v) is 17.9. The van der Waals surface area contributed by atoms with Crippen LogP contribution < -0.4 is 4.90 Å². The smallest absolute Gasteiger partial charge is 0.326 e. The van der Waals surface area contributed by atoms with Gasteiger partial charge in [-0.15, -0.1) is 21.5 Å². The fourth-order valence-corrected chi connectivity index (χ4v) is 4.34. The number of amides is 1. The Morgan fingerprint density at radius 1 is 1.14 bits per heavy atom. The molecule has 3 rings (SSSR count). The molecule has 9 heteroatoms. The summed E-state index contributed by atoms with van der Waals surface area (Å²) in [5.74, 6) is 0.296. The minimum absolute atomic E-state index is 0.127. The van der Waals surface area contributed by atoms with Crippen LogP contribution in [0.4, 0.5) is 5.69 Å². The summed E-state index contributed by atoms with van der Waals surface area (Å²) in [5.41, 5.74) is 0.655. The van der Waals surface area contributed by atoms with E-state index in [-0.39, 0.29) is 24.8 Å². The summed E-state index contributed by atoms with van der Waals surface area (Å²) in [6, 6.07) is 13.1. The zero-order valence-electron chi connectivity index (χ0n) is 16.3. The number of nitrogens with zero attached hydrogens (tertiary/aromatic N) is 4. The van der Waals surface area contributed by atoms with E-state index in [1.807, 2.05) is 47.2 Å². The maximum atomic E-state index is 12.9. The largest absolute Gasteiger partial charge is 0.465 e. The van der Waals surface area contributed by atoms with Crippen LogP contribution in [0.3, 0.4) is 0 Å². The summed E-state index contributed by atoms with van der Waals surface area (Å²) in [6.45, 7) is 4.60. The maximum Gasteiger partial charge on any atom is 0.326 e. The number of para-hydroxylation sites is 1. The van der Waals surface area contributed by atoms with Gasteiger partial charge in [-0.25, -0.2) is 0 Å². The molecule has 2 aromatic heterocycles. The SMILES string of the molecule is CCOC(=O)CN(C(=O)CSc1nnc(-c2cccs2)n1CC)c1ccccc1. The van der Waals surface area contributed by atoms with Crippen LogP contribution in [-0.4, -0.2) is 45.5 Å². The molecule has 2 heterocycles. The summed E-state index contributed by atoms with van der Waals surface area (Å²) in [6.07, 6.45) is 0. The molecule has 0 unspecified atom stereocenters. The molecule has 7 nitrogen and oxygen atoms in total. The average molecular weight is 431 g/mol. The van der Waals surface area contributed by atoms with Crippen LogP contribution >= 0.6 is 23.1 Å². The Labute approximate surface area is 177 Å². The van der Waals surface area contributed by atoms with E-state index in [0.717, 1.165) is 10.7 Å². The molecule has 0 spiro atoms. The van der Waals surface area contributed by atoms with Gasteiger partial charge in [0.2, 0.25) is 5.91 Å². The van der Waals surface area contributed by atoms with Crippen molar-refractivity contribution in [2.45, 2.75) is 25.5 Å². The topological polar surface area (TPSA) is 77.3 Å². The maximum absolute atomic E-state index is 12.9. The van der Waals surface area contributed by atoms with Crippen molar-refractivity contribution in [2.75, 3.05) is 23.8 Å². The van der Waals surface area contributed by atoms with Crippen molar-refractivity contribution < 1.29 is 14.3 Å². The molecule has 0 saturated heterocycles. The molecule has 152 valence electrons. The number of esters is 1. The number of ether oxygens (including phenoxy) is 1. The molecule has 3 aromatic rings. The van der Waals surface area contributed by atoms with Crippen molar-refractivity contribution in [3.63, 3.8) is 0 Å². The lowest BCUT2D eigenvalue weighted by Crippen LogP contribution is -2.37. The van der Waals surface area contributed by atoms with Crippen LogP contribution in [0.25, 0.3) is 10.7 Å². The van der Waals surface area contributed by atoms with Crippen molar-refractivity contribution >= 4 is 40.7 Å². The van der Waals surface area contributed by atoms with Crippen molar-refractivity contribution in [3.05, 3.63) is 47.8 Å². The summed E-state index contributed by atoms with van der Waals surface area (Å²) >= 11 is 2.91. The van der Waals surface area contributed by atoms with Gasteiger partial charge in [0.15, 0.2) is 11.0 Å². The first kappa shape index (κ1) is 21.1. The molecule has 0 aliphatic carbocycles. The van der Waals surface area contributed by atoms with E-state index < -0.39 is 5.97 Å². The number of thioether (sulfide) groups is 1. The number of hydrogen-bond donors (Lipinski definition) is 0. The number of hydrogen-bond acceptors (Lipinski definition) is 7. The van der Waals surface area contributed by atoms with E-state index in [2.05, 4.69) is 10.2 Å². The number of anilines is 1. The van der Waals surface area contributed by atoms with Crippen LogP contribution in [0.1, 0.15) is 13.8 Å².